The number of ether oxygens (including phenoxy) is 2. The third-order valence-corrected chi connectivity index (χ3v) is 3.11. The van der Waals surface area contributed by atoms with Crippen LogP contribution in [0, 0.1) is 0 Å². The van der Waals surface area contributed by atoms with E-state index in [4.69, 9.17) is 15.2 Å². The first-order valence-corrected chi connectivity index (χ1v) is 7.05. The number of methoxy groups -OCH3 is 1. The van der Waals surface area contributed by atoms with Crippen LogP contribution < -0.4 is 20.5 Å². The summed E-state index contributed by atoms with van der Waals surface area (Å²) in [6, 6.07) is 13.6. The fourth-order valence-electron chi connectivity index (χ4n) is 1.93. The van der Waals surface area contributed by atoms with Crippen molar-refractivity contribution >= 4 is 17.5 Å². The molecule has 6 heteroatoms. The van der Waals surface area contributed by atoms with Crippen molar-refractivity contribution in [3.05, 3.63) is 54.1 Å². The van der Waals surface area contributed by atoms with Gasteiger partial charge in [-0.05, 0) is 36.4 Å². The van der Waals surface area contributed by atoms with E-state index in [0.29, 0.717) is 22.7 Å². The lowest BCUT2D eigenvalue weighted by molar-refractivity contribution is -0.116. The summed E-state index contributed by atoms with van der Waals surface area (Å²) < 4.78 is 10.7. The molecule has 0 radical (unpaired) electrons. The fourth-order valence-corrected chi connectivity index (χ4v) is 1.93. The van der Waals surface area contributed by atoms with E-state index in [0.717, 1.165) is 0 Å². The molecular formula is C17H18N2O4. The van der Waals surface area contributed by atoms with Gasteiger partial charge in [0.2, 0.25) is 11.8 Å². The highest BCUT2D eigenvalue weighted by Gasteiger charge is 2.06. The minimum absolute atomic E-state index is 0.188. The monoisotopic (exact) mass is 314 g/mol. The molecule has 0 aliphatic carbocycles. The fraction of sp³-hybridized carbons (Fsp3) is 0.176. The van der Waals surface area contributed by atoms with Gasteiger partial charge in [-0.2, -0.15) is 0 Å². The molecule has 2 aromatic carbocycles. The van der Waals surface area contributed by atoms with Gasteiger partial charge < -0.3 is 20.5 Å². The molecule has 2 amide bonds. The molecule has 120 valence electrons. The molecule has 0 aliphatic rings. The van der Waals surface area contributed by atoms with E-state index < -0.39 is 5.91 Å². The summed E-state index contributed by atoms with van der Waals surface area (Å²) in [5.74, 6) is 0.517. The quantitative estimate of drug-likeness (QED) is 0.819. The van der Waals surface area contributed by atoms with Crippen LogP contribution in [0.5, 0.6) is 11.5 Å². The van der Waals surface area contributed by atoms with Gasteiger partial charge in [0, 0.05) is 11.3 Å². The Balaban J connectivity index is 1.82. The van der Waals surface area contributed by atoms with Gasteiger partial charge in [-0.15, -0.1) is 0 Å². The standard InChI is InChI=1S/C17H18N2O4/c1-22-14-4-2-3-5-15(14)23-11-10-16(20)19-13-8-6-12(7-9-13)17(18)21/h2-9H,10-11H2,1H3,(H2,18,21)(H,19,20). The molecule has 0 fully saturated rings. The first-order chi connectivity index (χ1) is 11.1. The van der Waals surface area contributed by atoms with Crippen LogP contribution >= 0.6 is 0 Å². The van der Waals surface area contributed by atoms with E-state index in [2.05, 4.69) is 5.32 Å². The number of carbonyl (C=O) groups excluding carboxylic acids is 2. The van der Waals surface area contributed by atoms with E-state index in [1.807, 2.05) is 12.1 Å². The zero-order valence-corrected chi connectivity index (χ0v) is 12.7. The second-order valence-corrected chi connectivity index (χ2v) is 4.74. The molecule has 6 nitrogen and oxygen atoms in total. The van der Waals surface area contributed by atoms with Crippen LogP contribution in [0.3, 0.4) is 0 Å². The molecular weight excluding hydrogens is 296 g/mol. The molecule has 0 aromatic heterocycles. The molecule has 0 bridgehead atoms. The van der Waals surface area contributed by atoms with Crippen molar-refractivity contribution in [1.29, 1.82) is 0 Å². The normalized spacial score (nSPS) is 9.96. The molecule has 0 saturated heterocycles. The highest BCUT2D eigenvalue weighted by molar-refractivity contribution is 5.94. The van der Waals surface area contributed by atoms with Crippen molar-refractivity contribution in [2.75, 3.05) is 19.0 Å². The van der Waals surface area contributed by atoms with Gasteiger partial charge in [-0.3, -0.25) is 9.59 Å². The minimum Gasteiger partial charge on any atom is -0.493 e. The lowest BCUT2D eigenvalue weighted by atomic mass is 10.2. The van der Waals surface area contributed by atoms with Crippen LogP contribution in [-0.4, -0.2) is 25.5 Å². The zero-order valence-electron chi connectivity index (χ0n) is 12.7. The maximum atomic E-state index is 11.9. The van der Waals surface area contributed by atoms with Crippen LogP contribution in [0.15, 0.2) is 48.5 Å². The Labute approximate surface area is 134 Å². The number of nitrogens with two attached hydrogens (primary N) is 1. The van der Waals surface area contributed by atoms with Crippen LogP contribution in [0.1, 0.15) is 16.8 Å². The van der Waals surface area contributed by atoms with Crippen LogP contribution in [0.4, 0.5) is 5.69 Å². The van der Waals surface area contributed by atoms with E-state index in [9.17, 15) is 9.59 Å². The molecule has 2 aromatic rings. The summed E-state index contributed by atoms with van der Waals surface area (Å²) in [6.45, 7) is 0.228. The highest BCUT2D eigenvalue weighted by Crippen LogP contribution is 2.25. The number of hydrogen-bond acceptors (Lipinski definition) is 4. The van der Waals surface area contributed by atoms with Gasteiger partial charge in [0.1, 0.15) is 0 Å². The summed E-state index contributed by atoms with van der Waals surface area (Å²) in [5.41, 5.74) is 6.14. The zero-order chi connectivity index (χ0) is 16.7. The van der Waals surface area contributed by atoms with Crippen molar-refractivity contribution in [3.8, 4) is 11.5 Å². The topological polar surface area (TPSA) is 90.7 Å². The maximum absolute atomic E-state index is 11.9. The summed E-state index contributed by atoms with van der Waals surface area (Å²) in [7, 11) is 1.56. The average Bonchev–Trinajstić information content (AvgIpc) is 2.55. The molecule has 0 aliphatic heterocycles. The van der Waals surface area contributed by atoms with Gasteiger partial charge in [0.15, 0.2) is 11.5 Å². The van der Waals surface area contributed by atoms with Gasteiger partial charge in [0.25, 0.3) is 0 Å². The van der Waals surface area contributed by atoms with E-state index in [1.165, 1.54) is 0 Å². The summed E-state index contributed by atoms with van der Waals surface area (Å²) >= 11 is 0. The first kappa shape index (κ1) is 16.4. The van der Waals surface area contributed by atoms with Crippen molar-refractivity contribution in [2.24, 2.45) is 5.73 Å². The number of hydrogen-bond donors (Lipinski definition) is 2. The highest BCUT2D eigenvalue weighted by atomic mass is 16.5. The third kappa shape index (κ3) is 4.74. The van der Waals surface area contributed by atoms with E-state index >= 15 is 0 Å². The Kier molecular flexibility index (Phi) is 5.57. The van der Waals surface area contributed by atoms with Crippen LogP contribution in [0.2, 0.25) is 0 Å². The summed E-state index contributed by atoms with van der Waals surface area (Å²) in [5, 5.41) is 2.72. The van der Waals surface area contributed by atoms with Gasteiger partial charge in [-0.25, -0.2) is 0 Å². The molecule has 0 spiro atoms. The lowest BCUT2D eigenvalue weighted by Gasteiger charge is -2.10. The first-order valence-electron chi connectivity index (χ1n) is 7.05. The van der Waals surface area contributed by atoms with E-state index in [-0.39, 0.29) is 18.9 Å². The molecule has 23 heavy (non-hydrogen) atoms. The molecule has 0 heterocycles. The van der Waals surface area contributed by atoms with Crippen molar-refractivity contribution in [2.45, 2.75) is 6.42 Å². The predicted octanol–water partition coefficient (Wildman–Crippen LogP) is 2.20. The smallest absolute Gasteiger partial charge is 0.248 e. The number of para-hydroxylation sites is 2. The second kappa shape index (κ2) is 7.84. The molecule has 0 unspecified atom stereocenters. The SMILES string of the molecule is COc1ccccc1OCCC(=O)Nc1ccc(C(N)=O)cc1. The summed E-state index contributed by atoms with van der Waals surface area (Å²) in [6.07, 6.45) is 0.190. The van der Waals surface area contributed by atoms with Crippen molar-refractivity contribution in [3.63, 3.8) is 0 Å². The molecule has 2 rings (SSSR count). The molecule has 0 atom stereocenters. The van der Waals surface area contributed by atoms with Gasteiger partial charge in [-0.1, -0.05) is 12.1 Å². The van der Waals surface area contributed by atoms with Crippen molar-refractivity contribution in [1.82, 2.24) is 0 Å². The van der Waals surface area contributed by atoms with Gasteiger partial charge >= 0.3 is 0 Å². The number of amides is 2. The Hall–Kier alpha value is -3.02. The van der Waals surface area contributed by atoms with E-state index in [1.54, 1.807) is 43.5 Å². The number of nitrogens with one attached hydrogen (secondary N) is 1. The number of primary amides is 1. The minimum atomic E-state index is -0.506. The Morgan fingerprint density at radius 3 is 2.30 bits per heavy atom. The lowest BCUT2D eigenvalue weighted by Crippen LogP contribution is -2.16. The third-order valence-electron chi connectivity index (χ3n) is 3.11. The largest absolute Gasteiger partial charge is 0.493 e. The molecule has 3 N–H and O–H groups in total. The number of anilines is 1. The van der Waals surface area contributed by atoms with Crippen LogP contribution in [0.25, 0.3) is 0 Å². The van der Waals surface area contributed by atoms with Crippen molar-refractivity contribution < 1.29 is 19.1 Å². The maximum Gasteiger partial charge on any atom is 0.248 e. The van der Waals surface area contributed by atoms with Gasteiger partial charge in [0.05, 0.1) is 20.1 Å². The van der Waals surface area contributed by atoms with Crippen LogP contribution in [-0.2, 0) is 4.79 Å². The summed E-state index contributed by atoms with van der Waals surface area (Å²) in [4.78, 5) is 22.8. The number of rotatable bonds is 7. The predicted molar refractivity (Wildman–Crippen MR) is 86.7 cm³/mol. The second-order valence-electron chi connectivity index (χ2n) is 4.74. The number of carbonyl (C=O) groups is 2. The molecule has 0 saturated carbocycles. The average molecular weight is 314 g/mol. The Bertz CT molecular complexity index is 683. The number of benzene rings is 2. The Morgan fingerprint density at radius 1 is 1.04 bits per heavy atom. The Morgan fingerprint density at radius 2 is 1.70 bits per heavy atom.